The fourth-order valence-electron chi connectivity index (χ4n) is 5.49. The molecule has 0 N–H and O–H groups in total. The van der Waals surface area contributed by atoms with Gasteiger partial charge in [0.05, 0.1) is 11.5 Å². The topological polar surface area (TPSA) is 37.4 Å². The van der Waals surface area contributed by atoms with E-state index in [1.807, 2.05) is 42.5 Å². The number of fused-ring (bicyclic) bond motifs is 1. The zero-order valence-corrected chi connectivity index (χ0v) is 19.2. The summed E-state index contributed by atoms with van der Waals surface area (Å²) in [4.78, 5) is 27.5. The molecule has 0 spiro atoms. The summed E-state index contributed by atoms with van der Waals surface area (Å²) in [6.07, 6.45) is 6.35. The molecule has 33 heavy (non-hydrogen) atoms. The molecule has 5 rings (SSSR count). The Labute approximate surface area is 195 Å². The van der Waals surface area contributed by atoms with Crippen LogP contribution in [0, 0.1) is 11.3 Å². The fourth-order valence-corrected chi connectivity index (χ4v) is 5.49. The van der Waals surface area contributed by atoms with Gasteiger partial charge in [0.25, 0.3) is 0 Å². The second kappa shape index (κ2) is 8.47. The lowest BCUT2D eigenvalue weighted by molar-refractivity contribution is -0.137. The van der Waals surface area contributed by atoms with Gasteiger partial charge in [0.2, 0.25) is 5.91 Å². The van der Waals surface area contributed by atoms with Crippen molar-refractivity contribution in [2.24, 2.45) is 11.3 Å². The van der Waals surface area contributed by atoms with Crippen molar-refractivity contribution < 1.29 is 9.59 Å². The lowest BCUT2D eigenvalue weighted by Crippen LogP contribution is -2.34. The smallest absolute Gasteiger partial charge is 0.230 e. The molecule has 1 aliphatic heterocycles. The summed E-state index contributed by atoms with van der Waals surface area (Å²) in [5, 5.41) is 0. The number of carbonyl (C=O) groups is 2. The highest BCUT2D eigenvalue weighted by molar-refractivity contribution is 5.94. The Morgan fingerprint density at radius 3 is 2.45 bits per heavy atom. The second-order valence-electron chi connectivity index (χ2n) is 9.53. The van der Waals surface area contributed by atoms with Crippen LogP contribution in [0.15, 0.2) is 91.0 Å². The van der Waals surface area contributed by atoms with E-state index in [1.54, 1.807) is 6.92 Å². The summed E-state index contributed by atoms with van der Waals surface area (Å²) >= 11 is 0. The normalized spacial score (nSPS) is 24.1. The molecule has 3 nitrogen and oxygen atoms in total. The lowest BCUT2D eigenvalue weighted by Gasteiger charge is -2.32. The molecule has 166 valence electrons. The van der Waals surface area contributed by atoms with Gasteiger partial charge in [-0.1, -0.05) is 91.9 Å². The predicted octanol–water partition coefficient (Wildman–Crippen LogP) is 6.61. The average Bonchev–Trinajstić information content (AvgIpc) is 3.06. The Morgan fingerprint density at radius 1 is 0.970 bits per heavy atom. The van der Waals surface area contributed by atoms with Crippen molar-refractivity contribution in [3.05, 3.63) is 108 Å². The number of hydrogen-bond acceptors (Lipinski definition) is 2. The Balaban J connectivity index is 1.55. The van der Waals surface area contributed by atoms with E-state index in [1.165, 1.54) is 0 Å². The molecule has 3 heteroatoms. The van der Waals surface area contributed by atoms with Crippen molar-refractivity contribution in [3.63, 3.8) is 0 Å². The van der Waals surface area contributed by atoms with Gasteiger partial charge >= 0.3 is 0 Å². The molecule has 1 aliphatic carbocycles. The summed E-state index contributed by atoms with van der Waals surface area (Å²) in [5.74, 6) is 0.472. The van der Waals surface area contributed by atoms with Crippen molar-refractivity contribution in [2.45, 2.75) is 39.3 Å². The maximum atomic E-state index is 13.8. The SMILES string of the molecule is CC(=O)c1ccc(-c2cccc([C@H]3[C@@H]4C=CCC[C@@]4(C)C(=O)N3Cc3ccccc3)c2)cc1. The summed E-state index contributed by atoms with van der Waals surface area (Å²) in [6.45, 7) is 4.34. The van der Waals surface area contributed by atoms with E-state index >= 15 is 0 Å². The molecular formula is C30H29NO2. The van der Waals surface area contributed by atoms with Crippen LogP contribution in [0.25, 0.3) is 11.1 Å². The van der Waals surface area contributed by atoms with Crippen LogP contribution in [-0.4, -0.2) is 16.6 Å². The molecular weight excluding hydrogens is 406 g/mol. The standard InChI is InChI=1S/C30H29NO2/c1-21(32)23-14-16-24(17-15-23)25-11-8-12-26(19-25)28-27-13-6-7-18-30(27,2)29(33)31(28)20-22-9-4-3-5-10-22/h3-6,8-17,19,27-28H,7,18,20H2,1-2H3/t27-,28-,30+/m0/s1. The average molecular weight is 436 g/mol. The van der Waals surface area contributed by atoms with Crippen molar-refractivity contribution in [1.82, 2.24) is 4.90 Å². The van der Waals surface area contributed by atoms with Crippen LogP contribution in [0.2, 0.25) is 0 Å². The molecule has 1 saturated heterocycles. The minimum absolute atomic E-state index is 0.00398. The van der Waals surface area contributed by atoms with Crippen molar-refractivity contribution in [3.8, 4) is 11.1 Å². The van der Waals surface area contributed by atoms with Gasteiger partial charge < -0.3 is 4.90 Å². The molecule has 0 saturated carbocycles. The maximum Gasteiger partial charge on any atom is 0.230 e. The van der Waals surface area contributed by atoms with E-state index in [-0.39, 0.29) is 29.1 Å². The Bertz CT molecular complexity index is 1210. The van der Waals surface area contributed by atoms with Gasteiger partial charge in [0.15, 0.2) is 5.78 Å². The second-order valence-corrected chi connectivity index (χ2v) is 9.53. The highest BCUT2D eigenvalue weighted by Gasteiger charge is 2.55. The zero-order chi connectivity index (χ0) is 23.0. The minimum atomic E-state index is -0.368. The first-order valence-electron chi connectivity index (χ1n) is 11.7. The van der Waals surface area contributed by atoms with Crippen LogP contribution < -0.4 is 0 Å². The molecule has 1 fully saturated rings. The molecule has 3 atom stereocenters. The zero-order valence-electron chi connectivity index (χ0n) is 19.2. The van der Waals surface area contributed by atoms with Crippen LogP contribution in [0.5, 0.6) is 0 Å². The molecule has 2 aliphatic rings. The third kappa shape index (κ3) is 3.82. The molecule has 3 aromatic carbocycles. The number of amides is 1. The van der Waals surface area contributed by atoms with Gasteiger partial charge in [0.1, 0.15) is 0 Å². The first kappa shape index (κ1) is 21.4. The number of benzene rings is 3. The number of ketones is 1. The highest BCUT2D eigenvalue weighted by Crippen LogP contribution is 2.54. The van der Waals surface area contributed by atoms with Crippen molar-refractivity contribution >= 4 is 11.7 Å². The first-order chi connectivity index (χ1) is 16.0. The van der Waals surface area contributed by atoms with Gasteiger partial charge in [-0.3, -0.25) is 9.59 Å². The van der Waals surface area contributed by atoms with E-state index in [0.29, 0.717) is 12.1 Å². The van der Waals surface area contributed by atoms with Gasteiger partial charge in [-0.15, -0.1) is 0 Å². The predicted molar refractivity (Wildman–Crippen MR) is 132 cm³/mol. The van der Waals surface area contributed by atoms with Crippen LogP contribution >= 0.6 is 0 Å². The molecule has 1 amide bonds. The van der Waals surface area contributed by atoms with Crippen molar-refractivity contribution in [1.29, 1.82) is 0 Å². The van der Waals surface area contributed by atoms with Gasteiger partial charge in [-0.2, -0.15) is 0 Å². The third-order valence-electron chi connectivity index (χ3n) is 7.38. The number of carbonyl (C=O) groups excluding carboxylic acids is 2. The molecule has 0 radical (unpaired) electrons. The van der Waals surface area contributed by atoms with E-state index < -0.39 is 0 Å². The Kier molecular flexibility index (Phi) is 5.49. The number of nitrogens with zero attached hydrogens (tertiary/aromatic N) is 1. The van der Waals surface area contributed by atoms with E-state index in [0.717, 1.165) is 35.1 Å². The van der Waals surface area contributed by atoms with E-state index in [4.69, 9.17) is 0 Å². The lowest BCUT2D eigenvalue weighted by atomic mass is 9.69. The Morgan fingerprint density at radius 2 is 1.73 bits per heavy atom. The van der Waals surface area contributed by atoms with Gasteiger partial charge in [0, 0.05) is 18.0 Å². The molecule has 3 aromatic rings. The monoisotopic (exact) mass is 435 g/mol. The van der Waals surface area contributed by atoms with Crippen LogP contribution in [-0.2, 0) is 11.3 Å². The molecule has 0 unspecified atom stereocenters. The number of Topliss-reactive ketones (excluding diaryl/α,β-unsaturated/α-hetero) is 1. The minimum Gasteiger partial charge on any atom is -0.330 e. The fraction of sp³-hybridized carbons (Fsp3) is 0.267. The highest BCUT2D eigenvalue weighted by atomic mass is 16.2. The van der Waals surface area contributed by atoms with Crippen LogP contribution in [0.4, 0.5) is 0 Å². The summed E-state index contributed by atoms with van der Waals surface area (Å²) in [5.41, 5.74) is 4.83. The summed E-state index contributed by atoms with van der Waals surface area (Å²) in [6, 6.07) is 26.6. The summed E-state index contributed by atoms with van der Waals surface area (Å²) in [7, 11) is 0. The third-order valence-corrected chi connectivity index (χ3v) is 7.38. The molecule has 1 heterocycles. The quantitative estimate of drug-likeness (QED) is 0.334. The van der Waals surface area contributed by atoms with Crippen LogP contribution in [0.1, 0.15) is 54.2 Å². The maximum absolute atomic E-state index is 13.8. The number of rotatable bonds is 5. The van der Waals surface area contributed by atoms with Gasteiger partial charge in [-0.05, 0) is 48.1 Å². The Hall–Kier alpha value is -3.46. The van der Waals surface area contributed by atoms with E-state index in [2.05, 4.69) is 60.4 Å². The van der Waals surface area contributed by atoms with Gasteiger partial charge in [-0.25, -0.2) is 0 Å². The number of allylic oxidation sites excluding steroid dienone is 1. The first-order valence-corrected chi connectivity index (χ1v) is 11.7. The largest absolute Gasteiger partial charge is 0.330 e. The van der Waals surface area contributed by atoms with Crippen molar-refractivity contribution in [2.75, 3.05) is 0 Å². The number of likely N-dealkylation sites (tertiary alicyclic amines) is 1. The molecule has 0 aromatic heterocycles. The number of hydrogen-bond donors (Lipinski definition) is 0. The molecule has 0 bridgehead atoms. The van der Waals surface area contributed by atoms with Crippen LogP contribution in [0.3, 0.4) is 0 Å². The van der Waals surface area contributed by atoms with E-state index in [9.17, 15) is 9.59 Å². The summed E-state index contributed by atoms with van der Waals surface area (Å²) < 4.78 is 0.